The van der Waals surface area contributed by atoms with Gasteiger partial charge in [0.2, 0.25) is 0 Å². The Morgan fingerprint density at radius 1 is 1.20 bits per heavy atom. The number of aliphatic hydroxyl groups excluding tert-OH is 1. The first-order valence-electron chi connectivity index (χ1n) is 4.77. The van der Waals surface area contributed by atoms with Crippen LogP contribution < -0.4 is 5.32 Å². The highest BCUT2D eigenvalue weighted by Gasteiger charge is 1.97. The largest absolute Gasteiger partial charge is 0.450 e. The fourth-order valence-corrected chi connectivity index (χ4v) is 0.756. The molecule has 15 heavy (non-hydrogen) atoms. The molecule has 0 saturated carbocycles. The molecule has 0 aliphatic heterocycles. The van der Waals surface area contributed by atoms with Gasteiger partial charge in [0.05, 0.1) is 39.6 Å². The van der Waals surface area contributed by atoms with Crippen LogP contribution in [0.1, 0.15) is 0 Å². The third-order valence-corrected chi connectivity index (χ3v) is 1.36. The molecule has 2 N–H and O–H groups in total. The highest BCUT2D eigenvalue weighted by Crippen LogP contribution is 1.79. The summed E-state index contributed by atoms with van der Waals surface area (Å²) in [6.07, 6.45) is -0.495. The number of alkyl carbamates (subject to hydrolysis) is 1. The van der Waals surface area contributed by atoms with Gasteiger partial charge in [0.1, 0.15) is 0 Å². The summed E-state index contributed by atoms with van der Waals surface area (Å²) in [6.45, 7) is 5.46. The van der Waals surface area contributed by atoms with Crippen molar-refractivity contribution >= 4 is 6.09 Å². The fraction of sp³-hybridized carbons (Fsp3) is 0.778. The predicted molar refractivity (Wildman–Crippen MR) is 53.4 cm³/mol. The zero-order valence-electron chi connectivity index (χ0n) is 8.74. The van der Waals surface area contributed by atoms with Gasteiger partial charge in [-0.1, -0.05) is 0 Å². The molecule has 1 amide bonds. The smallest absolute Gasteiger partial charge is 0.407 e. The Bertz CT molecular complexity index is 153. The molecule has 0 aromatic rings. The van der Waals surface area contributed by atoms with Crippen LogP contribution in [0, 0.1) is 6.92 Å². The number of carbonyl (C=O) groups is 1. The summed E-state index contributed by atoms with van der Waals surface area (Å²) in [4.78, 5) is 10.7. The van der Waals surface area contributed by atoms with Crippen LogP contribution in [0.4, 0.5) is 4.79 Å². The van der Waals surface area contributed by atoms with Gasteiger partial charge >= 0.3 is 6.09 Å². The number of hydrogen-bond donors (Lipinski definition) is 2. The van der Waals surface area contributed by atoms with Crippen LogP contribution in [-0.4, -0.2) is 57.4 Å². The second-order valence-corrected chi connectivity index (χ2v) is 2.51. The monoisotopic (exact) mass is 220 g/mol. The summed E-state index contributed by atoms with van der Waals surface area (Å²) in [5, 5.41) is 10.9. The summed E-state index contributed by atoms with van der Waals surface area (Å²) < 4.78 is 14.6. The molecular weight excluding hydrogens is 202 g/mol. The zero-order valence-corrected chi connectivity index (χ0v) is 8.74. The Hall–Kier alpha value is -0.850. The molecule has 6 heteroatoms. The van der Waals surface area contributed by atoms with Gasteiger partial charge in [-0.3, -0.25) is 0 Å². The van der Waals surface area contributed by atoms with Gasteiger partial charge in [-0.15, -0.1) is 0 Å². The molecule has 0 rings (SSSR count). The molecule has 0 unspecified atom stereocenters. The first kappa shape index (κ1) is 14.2. The lowest BCUT2D eigenvalue weighted by Gasteiger charge is -2.06. The lowest BCUT2D eigenvalue weighted by atomic mass is 10.6. The maximum absolute atomic E-state index is 10.7. The first-order chi connectivity index (χ1) is 7.31. The maximum Gasteiger partial charge on any atom is 0.407 e. The molecule has 0 saturated heterocycles. The quantitative estimate of drug-likeness (QED) is 0.516. The molecule has 6 nitrogen and oxygen atoms in total. The number of hydrogen-bond acceptors (Lipinski definition) is 5. The Kier molecular flexibility index (Phi) is 10.6. The van der Waals surface area contributed by atoms with Crippen molar-refractivity contribution in [1.29, 1.82) is 0 Å². The molecule has 0 fully saturated rings. The van der Waals surface area contributed by atoms with E-state index in [2.05, 4.69) is 17.0 Å². The molecule has 0 aromatic carbocycles. The summed E-state index contributed by atoms with van der Waals surface area (Å²) >= 11 is 0. The van der Waals surface area contributed by atoms with Gasteiger partial charge in [-0.25, -0.2) is 4.79 Å². The van der Waals surface area contributed by atoms with Gasteiger partial charge < -0.3 is 24.6 Å². The Labute approximate surface area is 89.5 Å². The second kappa shape index (κ2) is 11.2. The van der Waals surface area contributed by atoms with E-state index in [1.165, 1.54) is 0 Å². The standard InChI is InChI=1S/C9H18NO5/c1-2-15-9(12)10-3-5-13-7-8-14-6-4-11/h11H,1-8H2,(H,10,12). The van der Waals surface area contributed by atoms with Crippen molar-refractivity contribution in [3.8, 4) is 0 Å². The van der Waals surface area contributed by atoms with E-state index in [9.17, 15) is 4.79 Å². The molecule has 0 aromatic heterocycles. The average molecular weight is 220 g/mol. The van der Waals surface area contributed by atoms with Crippen molar-refractivity contribution in [2.75, 3.05) is 46.2 Å². The van der Waals surface area contributed by atoms with Gasteiger partial charge in [-0.05, 0) is 6.92 Å². The highest BCUT2D eigenvalue weighted by molar-refractivity contribution is 5.67. The highest BCUT2D eigenvalue weighted by atomic mass is 16.5. The Morgan fingerprint density at radius 3 is 2.47 bits per heavy atom. The lowest BCUT2D eigenvalue weighted by molar-refractivity contribution is 0.0338. The third kappa shape index (κ3) is 11.1. The van der Waals surface area contributed by atoms with Crippen molar-refractivity contribution in [3.05, 3.63) is 6.92 Å². The number of carbonyl (C=O) groups excluding carboxylic acids is 1. The van der Waals surface area contributed by atoms with E-state index in [-0.39, 0.29) is 13.2 Å². The van der Waals surface area contributed by atoms with Gasteiger partial charge in [0, 0.05) is 6.54 Å². The molecule has 0 atom stereocenters. The minimum atomic E-state index is -0.495. The molecule has 1 radical (unpaired) electrons. The van der Waals surface area contributed by atoms with Crippen molar-refractivity contribution in [3.63, 3.8) is 0 Å². The van der Waals surface area contributed by atoms with E-state index < -0.39 is 6.09 Å². The van der Waals surface area contributed by atoms with E-state index in [4.69, 9.17) is 14.6 Å². The molecule has 0 aliphatic rings. The lowest BCUT2D eigenvalue weighted by Crippen LogP contribution is -2.28. The number of ether oxygens (including phenoxy) is 3. The second-order valence-electron chi connectivity index (χ2n) is 2.51. The topological polar surface area (TPSA) is 77.0 Å². The molecule has 0 aliphatic carbocycles. The van der Waals surface area contributed by atoms with E-state index in [0.717, 1.165) is 0 Å². The van der Waals surface area contributed by atoms with Gasteiger partial charge in [0.15, 0.2) is 0 Å². The van der Waals surface area contributed by atoms with Crippen LogP contribution >= 0.6 is 0 Å². The fourth-order valence-electron chi connectivity index (χ4n) is 0.756. The van der Waals surface area contributed by atoms with Crippen LogP contribution in [0.3, 0.4) is 0 Å². The Morgan fingerprint density at radius 2 is 1.87 bits per heavy atom. The summed E-state index contributed by atoms with van der Waals surface area (Å²) in [6, 6.07) is 0. The van der Waals surface area contributed by atoms with Crippen LogP contribution in [0.5, 0.6) is 0 Å². The molecule has 0 bridgehead atoms. The Balaban J connectivity index is 3.01. The number of rotatable bonds is 9. The van der Waals surface area contributed by atoms with Gasteiger partial charge in [-0.2, -0.15) is 0 Å². The van der Waals surface area contributed by atoms with E-state index in [0.29, 0.717) is 33.0 Å². The molecule has 89 valence electrons. The summed E-state index contributed by atoms with van der Waals surface area (Å²) in [7, 11) is 0. The maximum atomic E-state index is 10.7. The van der Waals surface area contributed by atoms with E-state index >= 15 is 0 Å². The normalized spacial score (nSPS) is 10.0. The van der Waals surface area contributed by atoms with Gasteiger partial charge in [0.25, 0.3) is 0 Å². The van der Waals surface area contributed by atoms with Crippen molar-refractivity contribution in [2.24, 2.45) is 0 Å². The predicted octanol–water partition coefficient (Wildman–Crippen LogP) is -0.428. The number of aliphatic hydroxyl groups is 1. The number of amides is 1. The SMILES string of the molecule is [CH2]COC(=O)NCCOCCOCCO. The molecular formula is C9H18NO5. The average Bonchev–Trinajstić information content (AvgIpc) is 2.22. The minimum absolute atomic E-state index is 0.0124. The summed E-state index contributed by atoms with van der Waals surface area (Å²) in [5.74, 6) is 0. The van der Waals surface area contributed by atoms with Crippen LogP contribution in [0.15, 0.2) is 0 Å². The third-order valence-electron chi connectivity index (χ3n) is 1.36. The van der Waals surface area contributed by atoms with Crippen molar-refractivity contribution in [1.82, 2.24) is 5.32 Å². The number of nitrogens with one attached hydrogen (secondary N) is 1. The van der Waals surface area contributed by atoms with Crippen LogP contribution in [-0.2, 0) is 14.2 Å². The van der Waals surface area contributed by atoms with Crippen molar-refractivity contribution < 1.29 is 24.1 Å². The van der Waals surface area contributed by atoms with E-state index in [1.807, 2.05) is 0 Å². The summed E-state index contributed by atoms with van der Waals surface area (Å²) in [5.41, 5.74) is 0. The van der Waals surface area contributed by atoms with E-state index in [1.54, 1.807) is 0 Å². The van der Waals surface area contributed by atoms with Crippen LogP contribution in [0.25, 0.3) is 0 Å². The molecule has 0 heterocycles. The zero-order chi connectivity index (χ0) is 11.4. The van der Waals surface area contributed by atoms with Crippen LogP contribution in [0.2, 0.25) is 0 Å². The first-order valence-corrected chi connectivity index (χ1v) is 4.77. The molecule has 0 spiro atoms. The van der Waals surface area contributed by atoms with Crippen molar-refractivity contribution in [2.45, 2.75) is 0 Å². The minimum Gasteiger partial charge on any atom is -0.450 e.